The minimum atomic E-state index is -4.77. The number of rotatable bonds is 6. The van der Waals surface area contributed by atoms with Gasteiger partial charge in [0.1, 0.15) is 18.5 Å². The first kappa shape index (κ1) is 21.9. The summed E-state index contributed by atoms with van der Waals surface area (Å²) in [6.07, 6.45) is -0.906. The van der Waals surface area contributed by atoms with Crippen molar-refractivity contribution in [2.24, 2.45) is 0 Å². The number of hydrogen-bond donors (Lipinski definition) is 0. The number of amides is 1. The van der Waals surface area contributed by atoms with Crippen LogP contribution in [0, 0.1) is 0 Å². The van der Waals surface area contributed by atoms with Crippen molar-refractivity contribution >= 4 is 23.6 Å². The standard InChI is InChI=1S/C20H18ClF3N2O4/c21-15-5-6-18(25-11-15)29-13-17-12-26(8-9-28-17)19(27)7-4-14-2-1-3-16(10-14)30-20(22,23)24/h1-7,10-11,17H,8-9,12-13H2. The molecule has 1 saturated heterocycles. The van der Waals surface area contributed by atoms with Crippen molar-refractivity contribution in [3.63, 3.8) is 0 Å². The largest absolute Gasteiger partial charge is 0.573 e. The van der Waals surface area contributed by atoms with Gasteiger partial charge >= 0.3 is 6.36 Å². The fraction of sp³-hybridized carbons (Fsp3) is 0.300. The van der Waals surface area contributed by atoms with Crippen LogP contribution in [0.3, 0.4) is 0 Å². The number of carbonyl (C=O) groups is 1. The molecule has 10 heteroatoms. The third-order valence-corrected chi connectivity index (χ3v) is 4.30. The average Bonchev–Trinajstić information content (AvgIpc) is 2.71. The number of halogens is 4. The van der Waals surface area contributed by atoms with Crippen molar-refractivity contribution in [3.05, 3.63) is 59.3 Å². The Morgan fingerprint density at radius 3 is 2.90 bits per heavy atom. The number of alkyl halides is 3. The van der Waals surface area contributed by atoms with Gasteiger partial charge in [0, 0.05) is 24.9 Å². The van der Waals surface area contributed by atoms with Crippen molar-refractivity contribution in [2.45, 2.75) is 12.5 Å². The van der Waals surface area contributed by atoms with Gasteiger partial charge < -0.3 is 19.1 Å². The predicted octanol–water partition coefficient (Wildman–Crippen LogP) is 3.95. The Kier molecular flexibility index (Phi) is 7.17. The lowest BCUT2D eigenvalue weighted by Crippen LogP contribution is -2.47. The highest BCUT2D eigenvalue weighted by Gasteiger charge is 2.31. The fourth-order valence-corrected chi connectivity index (χ4v) is 2.85. The van der Waals surface area contributed by atoms with Crippen LogP contribution in [0.2, 0.25) is 5.02 Å². The molecule has 1 aliphatic rings. The number of ether oxygens (including phenoxy) is 3. The van der Waals surface area contributed by atoms with Gasteiger partial charge in [-0.1, -0.05) is 23.7 Å². The molecule has 30 heavy (non-hydrogen) atoms. The minimum absolute atomic E-state index is 0.207. The van der Waals surface area contributed by atoms with E-state index in [0.717, 1.165) is 0 Å². The first-order valence-corrected chi connectivity index (χ1v) is 9.35. The number of morpholine rings is 1. The number of aromatic nitrogens is 1. The van der Waals surface area contributed by atoms with E-state index >= 15 is 0 Å². The van der Waals surface area contributed by atoms with E-state index in [9.17, 15) is 18.0 Å². The van der Waals surface area contributed by atoms with E-state index < -0.39 is 6.36 Å². The maximum Gasteiger partial charge on any atom is 0.573 e. The van der Waals surface area contributed by atoms with Gasteiger partial charge in [0.25, 0.3) is 0 Å². The Labute approximate surface area is 175 Å². The molecule has 0 spiro atoms. The van der Waals surface area contributed by atoms with Gasteiger partial charge in [-0.25, -0.2) is 4.98 Å². The van der Waals surface area contributed by atoms with Crippen LogP contribution in [0.15, 0.2) is 48.7 Å². The van der Waals surface area contributed by atoms with Crippen molar-refractivity contribution in [1.82, 2.24) is 9.88 Å². The summed E-state index contributed by atoms with van der Waals surface area (Å²) in [6.45, 7) is 1.26. The maximum absolute atomic E-state index is 12.4. The van der Waals surface area contributed by atoms with Gasteiger partial charge in [-0.2, -0.15) is 0 Å². The molecule has 1 atom stereocenters. The summed E-state index contributed by atoms with van der Waals surface area (Å²) >= 11 is 5.78. The fourth-order valence-electron chi connectivity index (χ4n) is 2.73. The molecule has 160 valence electrons. The zero-order chi connectivity index (χ0) is 21.6. The summed E-state index contributed by atoms with van der Waals surface area (Å²) < 4.78 is 52.0. The van der Waals surface area contributed by atoms with E-state index in [4.69, 9.17) is 21.1 Å². The first-order chi connectivity index (χ1) is 14.3. The molecule has 1 fully saturated rings. The van der Waals surface area contributed by atoms with Crippen LogP contribution < -0.4 is 9.47 Å². The number of carbonyl (C=O) groups excluding carboxylic acids is 1. The summed E-state index contributed by atoms with van der Waals surface area (Å²) in [5, 5.41) is 0.496. The number of pyridine rings is 1. The number of nitrogens with zero attached hydrogens (tertiary/aromatic N) is 2. The van der Waals surface area contributed by atoms with E-state index in [1.54, 1.807) is 23.1 Å². The van der Waals surface area contributed by atoms with Gasteiger partial charge in [0.05, 0.1) is 18.2 Å². The van der Waals surface area contributed by atoms with Crippen molar-refractivity contribution in [1.29, 1.82) is 0 Å². The predicted molar refractivity (Wildman–Crippen MR) is 103 cm³/mol. The van der Waals surface area contributed by atoms with Crippen LogP contribution in [0.5, 0.6) is 11.6 Å². The highest BCUT2D eigenvalue weighted by Crippen LogP contribution is 2.23. The summed E-state index contributed by atoms with van der Waals surface area (Å²) in [4.78, 5) is 18.1. The quantitative estimate of drug-likeness (QED) is 0.634. The SMILES string of the molecule is O=C(C=Cc1cccc(OC(F)(F)F)c1)N1CCOC(COc2ccc(Cl)cn2)C1. The Bertz CT molecular complexity index is 890. The molecule has 2 aromatic rings. The summed E-state index contributed by atoms with van der Waals surface area (Å²) in [5.41, 5.74) is 0.409. The molecule has 6 nitrogen and oxygen atoms in total. The van der Waals surface area contributed by atoms with Gasteiger partial charge in [-0.3, -0.25) is 4.79 Å². The second-order valence-electron chi connectivity index (χ2n) is 6.36. The lowest BCUT2D eigenvalue weighted by molar-refractivity contribution is -0.274. The molecule has 3 rings (SSSR count). The third-order valence-electron chi connectivity index (χ3n) is 4.08. The van der Waals surface area contributed by atoms with Crippen molar-refractivity contribution < 1.29 is 32.2 Å². The lowest BCUT2D eigenvalue weighted by Gasteiger charge is -2.32. The molecular weight excluding hydrogens is 425 g/mol. The van der Waals surface area contributed by atoms with E-state index in [2.05, 4.69) is 9.72 Å². The smallest absolute Gasteiger partial charge is 0.475 e. The van der Waals surface area contributed by atoms with E-state index in [-0.39, 0.29) is 24.4 Å². The highest BCUT2D eigenvalue weighted by molar-refractivity contribution is 6.30. The highest BCUT2D eigenvalue weighted by atomic mass is 35.5. The van der Waals surface area contributed by atoms with E-state index in [1.165, 1.54) is 36.5 Å². The normalized spacial score (nSPS) is 17.2. The summed E-state index contributed by atoms with van der Waals surface area (Å²) in [7, 11) is 0. The summed E-state index contributed by atoms with van der Waals surface area (Å²) in [6, 6.07) is 8.66. The monoisotopic (exact) mass is 442 g/mol. The molecule has 2 heterocycles. The molecule has 0 aliphatic carbocycles. The summed E-state index contributed by atoms with van der Waals surface area (Å²) in [5.74, 6) is -0.237. The Hall–Kier alpha value is -2.78. The molecule has 0 radical (unpaired) electrons. The molecule has 0 N–H and O–H groups in total. The average molecular weight is 443 g/mol. The van der Waals surface area contributed by atoms with Crippen LogP contribution in [0.1, 0.15) is 5.56 Å². The van der Waals surface area contributed by atoms with Gasteiger partial charge in [-0.15, -0.1) is 13.2 Å². The van der Waals surface area contributed by atoms with Gasteiger partial charge in [0.15, 0.2) is 0 Å². The van der Waals surface area contributed by atoms with Crippen LogP contribution >= 0.6 is 11.6 Å². The molecule has 1 aromatic carbocycles. The molecule has 1 unspecified atom stereocenters. The van der Waals surface area contributed by atoms with Gasteiger partial charge in [-0.05, 0) is 29.8 Å². The van der Waals surface area contributed by atoms with Crippen LogP contribution in [-0.4, -0.2) is 54.6 Å². The Balaban J connectivity index is 1.53. The first-order valence-electron chi connectivity index (χ1n) is 8.97. The molecule has 0 saturated carbocycles. The molecule has 1 amide bonds. The molecule has 1 aliphatic heterocycles. The second-order valence-corrected chi connectivity index (χ2v) is 6.79. The van der Waals surface area contributed by atoms with Crippen molar-refractivity contribution in [2.75, 3.05) is 26.3 Å². The zero-order valence-electron chi connectivity index (χ0n) is 15.6. The van der Waals surface area contributed by atoms with Crippen LogP contribution in [-0.2, 0) is 9.53 Å². The lowest BCUT2D eigenvalue weighted by atomic mass is 10.2. The zero-order valence-corrected chi connectivity index (χ0v) is 16.4. The van der Waals surface area contributed by atoms with Crippen molar-refractivity contribution in [3.8, 4) is 11.6 Å². The number of hydrogen-bond acceptors (Lipinski definition) is 5. The molecule has 1 aromatic heterocycles. The third kappa shape index (κ3) is 6.93. The Morgan fingerprint density at radius 1 is 1.33 bits per heavy atom. The molecular formula is C20H18ClF3N2O4. The topological polar surface area (TPSA) is 60.9 Å². The Morgan fingerprint density at radius 2 is 2.17 bits per heavy atom. The van der Waals surface area contributed by atoms with E-state index in [0.29, 0.717) is 36.2 Å². The van der Waals surface area contributed by atoms with Gasteiger partial charge in [0.2, 0.25) is 11.8 Å². The molecule has 0 bridgehead atoms. The maximum atomic E-state index is 12.4. The van der Waals surface area contributed by atoms with Crippen LogP contribution in [0.25, 0.3) is 6.08 Å². The minimum Gasteiger partial charge on any atom is -0.475 e. The van der Waals surface area contributed by atoms with E-state index in [1.807, 2.05) is 0 Å². The van der Waals surface area contributed by atoms with Crippen LogP contribution in [0.4, 0.5) is 13.2 Å². The second kappa shape index (κ2) is 9.82. The number of benzene rings is 1.